The van der Waals surface area contributed by atoms with Crippen LogP contribution in [0.3, 0.4) is 0 Å². The van der Waals surface area contributed by atoms with Gasteiger partial charge >= 0.3 is 0 Å². The van der Waals surface area contributed by atoms with Gasteiger partial charge in [0.2, 0.25) is 0 Å². The Kier molecular flexibility index (Phi) is 3.46. The Hall–Kier alpha value is -1.10. The minimum atomic E-state index is -3.22. The molecule has 5 heteroatoms. The largest absolute Gasteiger partial charge is 0.396 e. The van der Waals surface area contributed by atoms with E-state index in [1.807, 2.05) is 6.92 Å². The third kappa shape index (κ3) is 2.45. The molecule has 0 bridgehead atoms. The standard InChI is InChI=1S/C9H14N2O2S/c1-2-3-6-14(12,13)9-4-5-11-7-8(9)10/h4-5,7H,2-3,6,10H2,1H3. The summed E-state index contributed by atoms with van der Waals surface area (Å²) in [5.41, 5.74) is 5.76. The first kappa shape index (κ1) is 11.0. The van der Waals surface area contributed by atoms with E-state index in [1.54, 1.807) is 0 Å². The van der Waals surface area contributed by atoms with Crippen LogP contribution in [0.4, 0.5) is 5.69 Å². The molecule has 1 aromatic rings. The molecular weight excluding hydrogens is 200 g/mol. The van der Waals surface area contributed by atoms with Gasteiger partial charge in [-0.15, -0.1) is 0 Å². The maximum Gasteiger partial charge on any atom is 0.180 e. The summed E-state index contributed by atoms with van der Waals surface area (Å²) in [4.78, 5) is 3.94. The Bertz CT molecular complexity index is 401. The number of nitrogen functional groups attached to an aromatic ring is 1. The molecule has 0 unspecified atom stereocenters. The van der Waals surface area contributed by atoms with E-state index < -0.39 is 9.84 Å². The lowest BCUT2D eigenvalue weighted by Crippen LogP contribution is -2.09. The van der Waals surface area contributed by atoms with E-state index in [4.69, 9.17) is 5.73 Å². The monoisotopic (exact) mass is 214 g/mol. The predicted octanol–water partition coefficient (Wildman–Crippen LogP) is 1.24. The highest BCUT2D eigenvalue weighted by atomic mass is 32.2. The molecule has 0 saturated carbocycles. The minimum absolute atomic E-state index is 0.151. The zero-order valence-electron chi connectivity index (χ0n) is 8.10. The SMILES string of the molecule is CCCCS(=O)(=O)c1ccncc1N. The highest BCUT2D eigenvalue weighted by Gasteiger charge is 2.16. The number of aromatic nitrogens is 1. The van der Waals surface area contributed by atoms with Gasteiger partial charge in [0.05, 0.1) is 22.5 Å². The van der Waals surface area contributed by atoms with Crippen LogP contribution in [0.2, 0.25) is 0 Å². The zero-order chi connectivity index (χ0) is 10.6. The van der Waals surface area contributed by atoms with Gasteiger partial charge in [0.15, 0.2) is 9.84 Å². The number of hydrogen-bond acceptors (Lipinski definition) is 4. The lowest BCUT2D eigenvalue weighted by atomic mass is 10.4. The lowest BCUT2D eigenvalue weighted by molar-refractivity contribution is 0.593. The van der Waals surface area contributed by atoms with Crippen molar-refractivity contribution in [3.8, 4) is 0 Å². The number of hydrogen-bond donors (Lipinski definition) is 1. The fourth-order valence-corrected chi connectivity index (χ4v) is 2.69. The molecular formula is C9H14N2O2S. The molecule has 0 aromatic carbocycles. The molecule has 0 atom stereocenters. The van der Waals surface area contributed by atoms with Crippen LogP contribution in [0.1, 0.15) is 19.8 Å². The molecule has 0 fully saturated rings. The van der Waals surface area contributed by atoms with Crippen molar-refractivity contribution in [1.29, 1.82) is 0 Å². The summed E-state index contributed by atoms with van der Waals surface area (Å²) in [5.74, 6) is 0.151. The predicted molar refractivity (Wildman–Crippen MR) is 55.6 cm³/mol. The number of unbranched alkanes of at least 4 members (excludes halogenated alkanes) is 1. The van der Waals surface area contributed by atoms with Crippen molar-refractivity contribution >= 4 is 15.5 Å². The second-order valence-electron chi connectivity index (χ2n) is 3.09. The second-order valence-corrected chi connectivity index (χ2v) is 5.16. The van der Waals surface area contributed by atoms with E-state index in [-0.39, 0.29) is 16.3 Å². The van der Waals surface area contributed by atoms with Crippen LogP contribution in [0, 0.1) is 0 Å². The highest BCUT2D eigenvalue weighted by Crippen LogP contribution is 2.18. The number of pyridine rings is 1. The molecule has 0 aliphatic heterocycles. The van der Waals surface area contributed by atoms with Gasteiger partial charge in [-0.1, -0.05) is 13.3 Å². The summed E-state index contributed by atoms with van der Waals surface area (Å²) >= 11 is 0. The molecule has 0 spiro atoms. The van der Waals surface area contributed by atoms with E-state index in [9.17, 15) is 8.42 Å². The van der Waals surface area contributed by atoms with Crippen molar-refractivity contribution in [1.82, 2.24) is 4.98 Å². The normalized spacial score (nSPS) is 11.5. The van der Waals surface area contributed by atoms with Crippen molar-refractivity contribution in [2.75, 3.05) is 11.5 Å². The third-order valence-electron chi connectivity index (χ3n) is 1.91. The smallest absolute Gasteiger partial charge is 0.180 e. The van der Waals surface area contributed by atoms with Crippen molar-refractivity contribution in [3.05, 3.63) is 18.5 Å². The molecule has 0 radical (unpaired) electrons. The van der Waals surface area contributed by atoms with Gasteiger partial charge in [-0.3, -0.25) is 4.98 Å². The Balaban J connectivity index is 2.99. The topological polar surface area (TPSA) is 73.0 Å². The van der Waals surface area contributed by atoms with Crippen molar-refractivity contribution in [2.45, 2.75) is 24.7 Å². The number of nitrogens with two attached hydrogens (primary N) is 1. The van der Waals surface area contributed by atoms with Gasteiger partial charge < -0.3 is 5.73 Å². The van der Waals surface area contributed by atoms with Gasteiger partial charge in [0.1, 0.15) is 0 Å². The Morgan fingerprint density at radius 3 is 2.79 bits per heavy atom. The van der Waals surface area contributed by atoms with Crippen LogP contribution < -0.4 is 5.73 Å². The summed E-state index contributed by atoms with van der Waals surface area (Å²) in [7, 11) is -3.22. The van der Waals surface area contributed by atoms with Gasteiger partial charge in [-0.2, -0.15) is 0 Å². The average molecular weight is 214 g/mol. The number of nitrogens with zero attached hydrogens (tertiary/aromatic N) is 1. The van der Waals surface area contributed by atoms with Crippen LogP contribution >= 0.6 is 0 Å². The molecule has 2 N–H and O–H groups in total. The van der Waals surface area contributed by atoms with E-state index in [0.29, 0.717) is 6.42 Å². The van der Waals surface area contributed by atoms with Crippen molar-refractivity contribution in [3.63, 3.8) is 0 Å². The summed E-state index contributed by atoms with van der Waals surface area (Å²) in [6.07, 6.45) is 4.31. The molecule has 4 nitrogen and oxygen atoms in total. The van der Waals surface area contributed by atoms with Gasteiger partial charge in [0, 0.05) is 6.20 Å². The summed E-state index contributed by atoms with van der Waals surface area (Å²) in [5, 5.41) is 0. The minimum Gasteiger partial charge on any atom is -0.396 e. The van der Waals surface area contributed by atoms with Crippen LogP contribution in [0.15, 0.2) is 23.4 Å². The highest BCUT2D eigenvalue weighted by molar-refractivity contribution is 7.91. The molecule has 0 aliphatic carbocycles. The maximum absolute atomic E-state index is 11.7. The molecule has 0 amide bonds. The van der Waals surface area contributed by atoms with E-state index in [1.165, 1.54) is 18.5 Å². The van der Waals surface area contributed by atoms with E-state index >= 15 is 0 Å². The lowest BCUT2D eigenvalue weighted by Gasteiger charge is -2.05. The molecule has 1 aromatic heterocycles. The molecule has 0 aliphatic rings. The fraction of sp³-hybridized carbons (Fsp3) is 0.444. The van der Waals surface area contributed by atoms with Gasteiger partial charge in [-0.25, -0.2) is 8.42 Å². The summed E-state index contributed by atoms with van der Waals surface area (Å²) in [6, 6.07) is 1.44. The number of rotatable bonds is 4. The first-order valence-electron chi connectivity index (χ1n) is 4.50. The molecule has 1 heterocycles. The van der Waals surface area contributed by atoms with Gasteiger partial charge in [0.25, 0.3) is 0 Å². The first-order valence-corrected chi connectivity index (χ1v) is 6.15. The average Bonchev–Trinajstić information content (AvgIpc) is 2.15. The van der Waals surface area contributed by atoms with E-state index in [0.717, 1.165) is 6.42 Å². The molecule has 0 saturated heterocycles. The quantitative estimate of drug-likeness (QED) is 0.818. The Morgan fingerprint density at radius 2 is 2.21 bits per heavy atom. The fourth-order valence-electron chi connectivity index (χ4n) is 1.12. The Labute approximate surface area is 84.1 Å². The van der Waals surface area contributed by atoms with Crippen LogP contribution in [-0.2, 0) is 9.84 Å². The third-order valence-corrected chi connectivity index (χ3v) is 3.78. The molecule has 14 heavy (non-hydrogen) atoms. The first-order chi connectivity index (χ1) is 6.58. The Morgan fingerprint density at radius 1 is 1.50 bits per heavy atom. The summed E-state index contributed by atoms with van der Waals surface area (Å²) in [6.45, 7) is 1.95. The number of anilines is 1. The van der Waals surface area contributed by atoms with Crippen LogP contribution in [0.5, 0.6) is 0 Å². The van der Waals surface area contributed by atoms with Crippen molar-refractivity contribution in [2.24, 2.45) is 0 Å². The van der Waals surface area contributed by atoms with Gasteiger partial charge in [-0.05, 0) is 12.5 Å². The van der Waals surface area contributed by atoms with E-state index in [2.05, 4.69) is 4.98 Å². The van der Waals surface area contributed by atoms with Crippen LogP contribution in [0.25, 0.3) is 0 Å². The summed E-state index contributed by atoms with van der Waals surface area (Å²) < 4.78 is 23.4. The van der Waals surface area contributed by atoms with Crippen LogP contribution in [-0.4, -0.2) is 19.2 Å². The molecule has 78 valence electrons. The zero-order valence-corrected chi connectivity index (χ0v) is 8.92. The number of sulfone groups is 1. The van der Waals surface area contributed by atoms with Crippen molar-refractivity contribution < 1.29 is 8.42 Å². The second kappa shape index (κ2) is 4.41. The molecule has 1 rings (SSSR count). The maximum atomic E-state index is 11.7.